The van der Waals surface area contributed by atoms with Crippen molar-refractivity contribution in [3.8, 4) is 5.75 Å². The third kappa shape index (κ3) is 6.74. The second kappa shape index (κ2) is 8.24. The van der Waals surface area contributed by atoms with Gasteiger partial charge in [-0.05, 0) is 42.3 Å². The first-order valence-corrected chi connectivity index (χ1v) is 8.38. The minimum Gasteiger partial charge on any atom is -0.493 e. The fourth-order valence-corrected chi connectivity index (χ4v) is 2.46. The molecule has 0 aromatic heterocycles. The minimum atomic E-state index is -4.26. The van der Waals surface area contributed by atoms with Crippen molar-refractivity contribution in [1.29, 1.82) is 0 Å². The molecule has 0 saturated carbocycles. The topological polar surface area (TPSA) is 9.23 Å². The Morgan fingerprint density at radius 3 is 2.63 bits per heavy atom. The molecule has 1 nitrogen and oxygen atoms in total. The van der Waals surface area contributed by atoms with E-state index in [4.69, 9.17) is 4.74 Å². The van der Waals surface area contributed by atoms with E-state index in [-0.39, 0.29) is 16.7 Å². The molecule has 0 aliphatic rings. The zero-order valence-electron chi connectivity index (χ0n) is 10.6. The van der Waals surface area contributed by atoms with Crippen molar-refractivity contribution < 1.29 is 17.9 Å². The van der Waals surface area contributed by atoms with Crippen LogP contribution in [0.3, 0.4) is 0 Å². The number of halogens is 4. The Bertz CT molecular complexity index is 396. The Hall–Kier alpha value is -0.110. The van der Waals surface area contributed by atoms with Gasteiger partial charge in [0, 0.05) is 9.32 Å². The van der Waals surface area contributed by atoms with Gasteiger partial charge in [0.25, 0.3) is 0 Å². The van der Waals surface area contributed by atoms with Gasteiger partial charge in [-0.2, -0.15) is 13.2 Å². The first-order valence-electron chi connectivity index (χ1n) is 6.03. The summed E-state index contributed by atoms with van der Waals surface area (Å²) in [5.74, 6) is 0.584. The molecule has 6 heteroatoms. The van der Waals surface area contributed by atoms with Crippen molar-refractivity contribution in [2.75, 3.05) is 11.0 Å². The summed E-state index contributed by atoms with van der Waals surface area (Å²) < 4.78 is 43.6. The van der Waals surface area contributed by atoms with Gasteiger partial charge < -0.3 is 4.74 Å². The SMILES string of the molecule is CCCc1ccc(SC(F)(F)F)cc1OCCCI. The fourth-order valence-electron chi connectivity index (χ4n) is 1.58. The van der Waals surface area contributed by atoms with Crippen molar-refractivity contribution in [2.45, 2.75) is 36.6 Å². The number of aryl methyl sites for hydroxylation is 1. The van der Waals surface area contributed by atoms with Crippen LogP contribution in [0.4, 0.5) is 13.2 Å². The first-order chi connectivity index (χ1) is 8.96. The van der Waals surface area contributed by atoms with Crippen LogP contribution in [0.2, 0.25) is 0 Å². The third-order valence-corrected chi connectivity index (χ3v) is 3.81. The van der Waals surface area contributed by atoms with E-state index in [1.165, 1.54) is 12.1 Å². The van der Waals surface area contributed by atoms with E-state index < -0.39 is 5.51 Å². The molecule has 0 amide bonds. The molecule has 0 heterocycles. The lowest BCUT2D eigenvalue weighted by molar-refractivity contribution is -0.0328. The molecule has 0 aliphatic heterocycles. The molecule has 0 atom stereocenters. The summed E-state index contributed by atoms with van der Waals surface area (Å²) in [6.07, 6.45) is 2.65. The smallest absolute Gasteiger partial charge is 0.446 e. The largest absolute Gasteiger partial charge is 0.493 e. The van der Waals surface area contributed by atoms with Gasteiger partial charge in [0.1, 0.15) is 5.75 Å². The molecule has 1 rings (SSSR count). The van der Waals surface area contributed by atoms with Crippen LogP contribution in [0.5, 0.6) is 5.75 Å². The number of benzene rings is 1. The highest BCUT2D eigenvalue weighted by Crippen LogP contribution is 2.39. The van der Waals surface area contributed by atoms with E-state index in [2.05, 4.69) is 22.6 Å². The molecular weight excluding hydrogens is 388 g/mol. The standard InChI is InChI=1S/C13H16F3IOS/c1-2-4-10-5-6-11(19-13(14,15)16)9-12(10)18-8-3-7-17/h5-6,9H,2-4,7-8H2,1H3. The molecule has 0 spiro atoms. The summed E-state index contributed by atoms with van der Waals surface area (Å²) in [7, 11) is 0. The molecule has 0 aliphatic carbocycles. The summed E-state index contributed by atoms with van der Waals surface area (Å²) >= 11 is 2.15. The monoisotopic (exact) mass is 404 g/mol. The van der Waals surface area contributed by atoms with Crippen LogP contribution >= 0.6 is 34.4 Å². The highest BCUT2D eigenvalue weighted by molar-refractivity contribution is 14.1. The number of ether oxygens (including phenoxy) is 1. The van der Waals surface area contributed by atoms with Crippen molar-refractivity contribution in [2.24, 2.45) is 0 Å². The lowest BCUT2D eigenvalue weighted by atomic mass is 10.1. The molecule has 1 aromatic rings. The van der Waals surface area contributed by atoms with Gasteiger partial charge in [-0.1, -0.05) is 42.0 Å². The van der Waals surface area contributed by atoms with Gasteiger partial charge in [0.05, 0.1) is 6.61 Å². The van der Waals surface area contributed by atoms with Gasteiger partial charge in [0.2, 0.25) is 0 Å². The van der Waals surface area contributed by atoms with E-state index >= 15 is 0 Å². The molecule has 0 unspecified atom stereocenters. The van der Waals surface area contributed by atoms with Crippen LogP contribution in [0.15, 0.2) is 23.1 Å². The number of hydrogen-bond acceptors (Lipinski definition) is 2. The lowest BCUT2D eigenvalue weighted by Gasteiger charge is -2.13. The highest BCUT2D eigenvalue weighted by Gasteiger charge is 2.29. The molecule has 0 bridgehead atoms. The maximum Gasteiger partial charge on any atom is 0.446 e. The Morgan fingerprint density at radius 2 is 2.05 bits per heavy atom. The van der Waals surface area contributed by atoms with Gasteiger partial charge in [-0.3, -0.25) is 0 Å². The molecule has 108 valence electrons. The van der Waals surface area contributed by atoms with Crippen LogP contribution in [0, 0.1) is 0 Å². The van der Waals surface area contributed by atoms with Crippen molar-refractivity contribution in [1.82, 2.24) is 0 Å². The molecule has 1 aromatic carbocycles. The summed E-state index contributed by atoms with van der Waals surface area (Å²) in [4.78, 5) is 0.178. The summed E-state index contributed by atoms with van der Waals surface area (Å²) in [5.41, 5.74) is -3.28. The Morgan fingerprint density at radius 1 is 1.32 bits per heavy atom. The summed E-state index contributed by atoms with van der Waals surface area (Å²) in [5, 5.41) is 0. The van der Waals surface area contributed by atoms with Gasteiger partial charge >= 0.3 is 5.51 Å². The molecule has 0 radical (unpaired) electrons. The van der Waals surface area contributed by atoms with E-state index in [1.54, 1.807) is 6.07 Å². The van der Waals surface area contributed by atoms with Crippen LogP contribution in [-0.2, 0) is 6.42 Å². The Balaban J connectivity index is 2.84. The predicted molar refractivity (Wildman–Crippen MR) is 81.3 cm³/mol. The second-order valence-corrected chi connectivity index (χ2v) is 6.18. The zero-order chi connectivity index (χ0) is 14.3. The Labute approximate surface area is 129 Å². The maximum absolute atomic E-state index is 12.3. The number of thioether (sulfide) groups is 1. The van der Waals surface area contributed by atoms with E-state index in [1.807, 2.05) is 6.92 Å². The molecule has 0 saturated heterocycles. The number of alkyl halides is 4. The quantitative estimate of drug-likeness (QED) is 0.259. The molecule has 19 heavy (non-hydrogen) atoms. The summed E-state index contributed by atoms with van der Waals surface area (Å²) in [6.45, 7) is 2.58. The first kappa shape index (κ1) is 16.9. The van der Waals surface area contributed by atoms with Crippen molar-refractivity contribution in [3.63, 3.8) is 0 Å². The normalized spacial score (nSPS) is 11.6. The third-order valence-electron chi connectivity index (χ3n) is 2.33. The van der Waals surface area contributed by atoms with E-state index in [9.17, 15) is 13.2 Å². The minimum absolute atomic E-state index is 0.101. The van der Waals surface area contributed by atoms with Crippen LogP contribution < -0.4 is 4.74 Å². The molecule has 0 N–H and O–H groups in total. The molecular formula is C13H16F3IOS. The summed E-state index contributed by atoms with van der Waals surface area (Å²) in [6, 6.07) is 4.74. The predicted octanol–water partition coefficient (Wildman–Crippen LogP) is 5.45. The van der Waals surface area contributed by atoms with Gasteiger partial charge in [-0.15, -0.1) is 0 Å². The van der Waals surface area contributed by atoms with E-state index in [0.29, 0.717) is 12.4 Å². The second-order valence-electron chi connectivity index (χ2n) is 3.96. The highest BCUT2D eigenvalue weighted by atomic mass is 127. The molecule has 0 fully saturated rings. The van der Waals surface area contributed by atoms with Crippen molar-refractivity contribution in [3.05, 3.63) is 23.8 Å². The van der Waals surface area contributed by atoms with Crippen LogP contribution in [-0.4, -0.2) is 16.5 Å². The zero-order valence-corrected chi connectivity index (χ0v) is 13.6. The average Bonchev–Trinajstić information content (AvgIpc) is 2.31. The van der Waals surface area contributed by atoms with Gasteiger partial charge in [-0.25, -0.2) is 0 Å². The van der Waals surface area contributed by atoms with Crippen LogP contribution in [0.25, 0.3) is 0 Å². The number of hydrogen-bond donors (Lipinski definition) is 0. The van der Waals surface area contributed by atoms with Crippen molar-refractivity contribution >= 4 is 34.4 Å². The fraction of sp³-hybridized carbons (Fsp3) is 0.538. The van der Waals surface area contributed by atoms with E-state index in [0.717, 1.165) is 29.3 Å². The van der Waals surface area contributed by atoms with Crippen LogP contribution in [0.1, 0.15) is 25.3 Å². The number of rotatable bonds is 7. The maximum atomic E-state index is 12.3. The van der Waals surface area contributed by atoms with Gasteiger partial charge in [0.15, 0.2) is 0 Å². The lowest BCUT2D eigenvalue weighted by Crippen LogP contribution is -2.03. The Kier molecular flexibility index (Phi) is 7.35. The average molecular weight is 404 g/mol.